The van der Waals surface area contributed by atoms with Gasteiger partial charge in [-0.1, -0.05) is 37.8 Å². The molecule has 2 N–H and O–H groups in total. The number of methoxy groups -OCH3 is 1. The summed E-state index contributed by atoms with van der Waals surface area (Å²) < 4.78 is 5.48. The molecule has 0 amide bonds. The Morgan fingerprint density at radius 3 is 2.75 bits per heavy atom. The van der Waals surface area contributed by atoms with Crippen LogP contribution in [0.15, 0.2) is 18.2 Å². The number of carbonyl (C=O) groups is 1. The van der Waals surface area contributed by atoms with Gasteiger partial charge in [0.05, 0.1) is 7.11 Å². The normalized spacial score (nSPS) is 17.1. The summed E-state index contributed by atoms with van der Waals surface area (Å²) >= 11 is 0. The van der Waals surface area contributed by atoms with Crippen molar-refractivity contribution in [1.82, 2.24) is 0 Å². The summed E-state index contributed by atoms with van der Waals surface area (Å²) in [4.78, 5) is 10.8. The number of nitrogens with two attached hydrogens (primary N) is 1. The number of rotatable bonds is 7. The van der Waals surface area contributed by atoms with Gasteiger partial charge in [0.15, 0.2) is 0 Å². The molecule has 1 atom stereocenters. The van der Waals surface area contributed by atoms with Gasteiger partial charge in [-0.05, 0) is 36.1 Å². The minimum atomic E-state index is 0.126. The number of hydrogen-bond donors (Lipinski definition) is 1. The van der Waals surface area contributed by atoms with Crippen molar-refractivity contribution in [2.45, 2.75) is 44.4 Å². The van der Waals surface area contributed by atoms with Crippen LogP contribution in [0.5, 0.6) is 5.75 Å². The van der Waals surface area contributed by atoms with Crippen LogP contribution in [0, 0.1) is 5.92 Å². The first-order chi connectivity index (χ1) is 9.78. The number of ether oxygens (including phenoxy) is 1. The zero-order valence-electron chi connectivity index (χ0n) is 12.3. The van der Waals surface area contributed by atoms with Gasteiger partial charge in [0.1, 0.15) is 12.0 Å². The van der Waals surface area contributed by atoms with Crippen molar-refractivity contribution < 1.29 is 9.53 Å². The molecule has 0 heterocycles. The lowest BCUT2D eigenvalue weighted by molar-refractivity contribution is -0.108. The Balaban J connectivity index is 2.20. The van der Waals surface area contributed by atoms with Crippen LogP contribution in [-0.2, 0) is 11.2 Å². The van der Waals surface area contributed by atoms with Crippen molar-refractivity contribution in [2.75, 3.05) is 13.7 Å². The molecule has 1 saturated carbocycles. The van der Waals surface area contributed by atoms with Gasteiger partial charge in [0.2, 0.25) is 0 Å². The third kappa shape index (κ3) is 3.60. The lowest BCUT2D eigenvalue weighted by Crippen LogP contribution is -2.13. The first-order valence-electron chi connectivity index (χ1n) is 7.59. The van der Waals surface area contributed by atoms with Crippen LogP contribution in [0.3, 0.4) is 0 Å². The maximum absolute atomic E-state index is 10.8. The summed E-state index contributed by atoms with van der Waals surface area (Å²) in [6, 6.07) is 6.25. The smallest absolute Gasteiger partial charge is 0.122 e. The largest absolute Gasteiger partial charge is 0.496 e. The molecule has 0 radical (unpaired) electrons. The van der Waals surface area contributed by atoms with E-state index in [2.05, 4.69) is 6.07 Å². The van der Waals surface area contributed by atoms with E-state index in [4.69, 9.17) is 10.5 Å². The average molecular weight is 275 g/mol. The second kappa shape index (κ2) is 7.44. The number of aldehydes is 1. The molecule has 1 unspecified atom stereocenters. The lowest BCUT2D eigenvalue weighted by Gasteiger charge is -2.17. The molecular weight excluding hydrogens is 250 g/mol. The molecule has 1 aromatic carbocycles. The predicted molar refractivity (Wildman–Crippen MR) is 81.1 cm³/mol. The molecule has 2 rings (SSSR count). The molecule has 1 aromatic rings. The average Bonchev–Trinajstić information content (AvgIpc) is 2.97. The van der Waals surface area contributed by atoms with Crippen molar-refractivity contribution in [3.8, 4) is 5.75 Å². The Kier molecular flexibility index (Phi) is 5.60. The highest BCUT2D eigenvalue weighted by Gasteiger charge is 2.19. The van der Waals surface area contributed by atoms with E-state index in [9.17, 15) is 4.79 Å². The first-order valence-corrected chi connectivity index (χ1v) is 7.59. The van der Waals surface area contributed by atoms with Crippen molar-refractivity contribution in [3.63, 3.8) is 0 Å². The van der Waals surface area contributed by atoms with E-state index in [0.717, 1.165) is 29.9 Å². The quantitative estimate of drug-likeness (QED) is 0.778. The van der Waals surface area contributed by atoms with Gasteiger partial charge >= 0.3 is 0 Å². The minimum Gasteiger partial charge on any atom is -0.496 e. The zero-order valence-corrected chi connectivity index (χ0v) is 12.3. The highest BCUT2D eigenvalue weighted by atomic mass is 16.5. The Labute approximate surface area is 121 Å². The molecule has 0 saturated heterocycles. The second-order valence-corrected chi connectivity index (χ2v) is 5.76. The van der Waals surface area contributed by atoms with Gasteiger partial charge in [0, 0.05) is 12.3 Å². The predicted octanol–water partition coefficient (Wildman–Crippen LogP) is 3.06. The summed E-state index contributed by atoms with van der Waals surface area (Å²) in [6.07, 6.45) is 7.87. The van der Waals surface area contributed by atoms with E-state index in [1.807, 2.05) is 12.1 Å². The fourth-order valence-corrected chi connectivity index (χ4v) is 3.22. The maximum Gasteiger partial charge on any atom is 0.122 e. The van der Waals surface area contributed by atoms with Crippen LogP contribution in [-0.4, -0.2) is 19.9 Å². The van der Waals surface area contributed by atoms with Crippen LogP contribution < -0.4 is 10.5 Å². The summed E-state index contributed by atoms with van der Waals surface area (Å²) in [5.41, 5.74) is 8.21. The van der Waals surface area contributed by atoms with Crippen molar-refractivity contribution in [1.29, 1.82) is 0 Å². The standard InChI is InChI=1S/C17H25NO2/c1-20-17-7-6-14(15(12-18)8-9-19)11-16(17)10-13-4-2-3-5-13/h6-7,9,11,13,15H,2-5,8,10,12,18H2,1H3. The molecule has 110 valence electrons. The SMILES string of the molecule is COc1ccc(C(CN)CC=O)cc1CC1CCCC1. The number of hydrogen-bond acceptors (Lipinski definition) is 3. The minimum absolute atomic E-state index is 0.126. The summed E-state index contributed by atoms with van der Waals surface area (Å²) in [7, 11) is 1.72. The molecule has 0 bridgehead atoms. The second-order valence-electron chi connectivity index (χ2n) is 5.76. The molecule has 3 nitrogen and oxygen atoms in total. The van der Waals surface area contributed by atoms with Crippen LogP contribution >= 0.6 is 0 Å². The monoisotopic (exact) mass is 275 g/mol. The van der Waals surface area contributed by atoms with Crippen LogP contribution in [0.2, 0.25) is 0 Å². The topological polar surface area (TPSA) is 52.3 Å². The summed E-state index contributed by atoms with van der Waals surface area (Å²) in [5.74, 6) is 1.87. The maximum atomic E-state index is 10.8. The van der Waals surface area contributed by atoms with Gasteiger partial charge in [-0.3, -0.25) is 0 Å². The highest BCUT2D eigenvalue weighted by Crippen LogP contribution is 2.33. The molecular formula is C17H25NO2. The Morgan fingerprint density at radius 2 is 2.15 bits per heavy atom. The molecule has 3 heteroatoms. The molecule has 0 aliphatic heterocycles. The molecule has 1 fully saturated rings. The van der Waals surface area contributed by atoms with E-state index in [1.54, 1.807) is 7.11 Å². The van der Waals surface area contributed by atoms with E-state index in [0.29, 0.717) is 13.0 Å². The Morgan fingerprint density at radius 1 is 1.40 bits per heavy atom. The molecule has 20 heavy (non-hydrogen) atoms. The fraction of sp³-hybridized carbons (Fsp3) is 0.588. The van der Waals surface area contributed by atoms with Gasteiger partial charge in [0.25, 0.3) is 0 Å². The van der Waals surface area contributed by atoms with Gasteiger partial charge in [-0.25, -0.2) is 0 Å². The third-order valence-corrected chi connectivity index (χ3v) is 4.42. The van der Waals surface area contributed by atoms with E-state index >= 15 is 0 Å². The highest BCUT2D eigenvalue weighted by molar-refractivity contribution is 5.52. The van der Waals surface area contributed by atoms with Crippen LogP contribution in [0.4, 0.5) is 0 Å². The van der Waals surface area contributed by atoms with Crippen molar-refractivity contribution in [2.24, 2.45) is 11.7 Å². The number of carbonyl (C=O) groups excluding carboxylic acids is 1. The van der Waals surface area contributed by atoms with Crippen LogP contribution in [0.25, 0.3) is 0 Å². The lowest BCUT2D eigenvalue weighted by atomic mass is 9.91. The Bertz CT molecular complexity index is 439. The summed E-state index contributed by atoms with van der Waals surface area (Å²) in [6.45, 7) is 0.508. The van der Waals surface area contributed by atoms with E-state index < -0.39 is 0 Å². The fourth-order valence-electron chi connectivity index (χ4n) is 3.22. The van der Waals surface area contributed by atoms with Gasteiger partial charge in [-0.15, -0.1) is 0 Å². The Hall–Kier alpha value is -1.35. The summed E-state index contributed by atoms with van der Waals surface area (Å²) in [5, 5.41) is 0. The number of benzene rings is 1. The van der Waals surface area contributed by atoms with E-state index in [1.165, 1.54) is 31.2 Å². The van der Waals surface area contributed by atoms with Crippen molar-refractivity contribution >= 4 is 6.29 Å². The molecule has 1 aliphatic rings. The molecule has 1 aliphatic carbocycles. The van der Waals surface area contributed by atoms with Gasteiger partial charge < -0.3 is 15.3 Å². The molecule has 0 spiro atoms. The van der Waals surface area contributed by atoms with Crippen LogP contribution in [0.1, 0.15) is 49.1 Å². The molecule has 0 aromatic heterocycles. The van der Waals surface area contributed by atoms with Gasteiger partial charge in [-0.2, -0.15) is 0 Å². The van der Waals surface area contributed by atoms with Crippen molar-refractivity contribution in [3.05, 3.63) is 29.3 Å². The van der Waals surface area contributed by atoms with E-state index in [-0.39, 0.29) is 5.92 Å². The first kappa shape index (κ1) is 15.0. The third-order valence-electron chi connectivity index (χ3n) is 4.42. The zero-order chi connectivity index (χ0) is 14.4.